The van der Waals surface area contributed by atoms with E-state index < -0.39 is 38.9 Å². The molecule has 0 unspecified atom stereocenters. The summed E-state index contributed by atoms with van der Waals surface area (Å²) in [5.74, 6) is -1.89. The fraction of sp³-hybridized carbons (Fsp3) is 0.400. The van der Waals surface area contributed by atoms with Crippen LogP contribution in [0.3, 0.4) is 0 Å². The van der Waals surface area contributed by atoms with Crippen molar-refractivity contribution >= 4 is 21.7 Å². The highest BCUT2D eigenvalue weighted by atomic mass is 32.2. The van der Waals surface area contributed by atoms with Crippen molar-refractivity contribution < 1.29 is 30.9 Å². The summed E-state index contributed by atoms with van der Waals surface area (Å²) in [5.41, 5.74) is -0.883. The van der Waals surface area contributed by atoms with E-state index in [1.807, 2.05) is 0 Å². The number of carbonyl (C=O) groups excluding carboxylic acids is 1. The van der Waals surface area contributed by atoms with Gasteiger partial charge in [-0.25, -0.2) is 26.4 Å². The van der Waals surface area contributed by atoms with Crippen LogP contribution in [-0.4, -0.2) is 65.2 Å². The van der Waals surface area contributed by atoms with E-state index in [1.165, 1.54) is 33.5 Å². The van der Waals surface area contributed by atoms with Crippen LogP contribution in [0.25, 0.3) is 11.5 Å². The van der Waals surface area contributed by atoms with Gasteiger partial charge >= 0.3 is 6.03 Å². The third-order valence-corrected chi connectivity index (χ3v) is 9.70. The zero-order chi connectivity index (χ0) is 26.7. The van der Waals surface area contributed by atoms with Gasteiger partial charge in [-0.15, -0.1) is 0 Å². The standard InChI is InChI=1S/C25H24F3N5O4S/c26-16-3-1-15(2-4-16)22-30-23(31-37-22)25(7-8-25)21-19(27)13-17(14-20(21)28)29-24(34)32-9-11-33(12-10-32)38(35,36)18-5-6-18/h1-4,13-14,18H,5-12H2,(H,29,34). The van der Waals surface area contributed by atoms with Gasteiger partial charge in [0, 0.05) is 43.0 Å². The van der Waals surface area contributed by atoms with Gasteiger partial charge in [0.05, 0.1) is 10.7 Å². The largest absolute Gasteiger partial charge is 0.334 e. The molecular formula is C25H24F3N5O4S. The van der Waals surface area contributed by atoms with Crippen LogP contribution in [0, 0.1) is 17.5 Å². The number of piperazine rings is 1. The Hall–Kier alpha value is -3.45. The fourth-order valence-electron chi connectivity index (χ4n) is 4.87. The molecule has 6 rings (SSSR count). The lowest BCUT2D eigenvalue weighted by atomic mass is 9.93. The minimum absolute atomic E-state index is 0.0577. The zero-order valence-electron chi connectivity index (χ0n) is 20.2. The number of rotatable bonds is 6. The highest BCUT2D eigenvalue weighted by molar-refractivity contribution is 7.90. The third-order valence-electron chi connectivity index (χ3n) is 7.30. The normalized spacial score (nSPS) is 19.4. The molecule has 1 N–H and O–H groups in total. The van der Waals surface area contributed by atoms with Gasteiger partial charge in [0.25, 0.3) is 5.89 Å². The van der Waals surface area contributed by atoms with Crippen molar-refractivity contribution in [2.24, 2.45) is 0 Å². The summed E-state index contributed by atoms with van der Waals surface area (Å²) in [5, 5.41) is 6.14. The minimum Gasteiger partial charge on any atom is -0.334 e. The molecule has 9 nitrogen and oxygen atoms in total. The molecule has 0 radical (unpaired) electrons. The smallest absolute Gasteiger partial charge is 0.321 e. The molecule has 38 heavy (non-hydrogen) atoms. The quantitative estimate of drug-likeness (QED) is 0.502. The Morgan fingerprint density at radius 2 is 1.63 bits per heavy atom. The number of carbonyl (C=O) groups is 1. The lowest BCUT2D eigenvalue weighted by molar-refractivity contribution is 0.184. The topological polar surface area (TPSA) is 109 Å². The molecule has 0 spiro atoms. The maximum Gasteiger partial charge on any atom is 0.321 e. The second kappa shape index (κ2) is 9.09. The second-order valence-corrected chi connectivity index (χ2v) is 12.1. The molecule has 0 atom stereocenters. The van der Waals surface area contributed by atoms with E-state index in [0.29, 0.717) is 31.2 Å². The summed E-state index contributed by atoms with van der Waals surface area (Å²) in [7, 11) is -3.32. The van der Waals surface area contributed by atoms with Gasteiger partial charge in [-0.2, -0.15) is 9.29 Å². The van der Waals surface area contributed by atoms with Crippen LogP contribution in [0.15, 0.2) is 40.9 Å². The number of nitrogens with zero attached hydrogens (tertiary/aromatic N) is 4. The molecule has 3 aliphatic rings. The first kappa shape index (κ1) is 24.9. The van der Waals surface area contributed by atoms with Crippen molar-refractivity contribution in [3.05, 3.63) is 65.2 Å². The molecule has 2 heterocycles. The Labute approximate surface area is 216 Å². The number of nitrogens with one attached hydrogen (secondary N) is 1. The van der Waals surface area contributed by atoms with Crippen LogP contribution in [0.1, 0.15) is 37.1 Å². The van der Waals surface area contributed by atoms with Crippen molar-refractivity contribution in [3.8, 4) is 11.5 Å². The summed E-state index contributed by atoms with van der Waals surface area (Å²) in [4.78, 5) is 18.4. The average molecular weight is 548 g/mol. The van der Waals surface area contributed by atoms with Crippen molar-refractivity contribution in [3.63, 3.8) is 0 Å². The first-order valence-corrected chi connectivity index (χ1v) is 13.8. The maximum absolute atomic E-state index is 15.3. The van der Waals surface area contributed by atoms with E-state index in [2.05, 4.69) is 15.5 Å². The number of anilines is 1. The fourth-order valence-corrected chi connectivity index (χ4v) is 6.69. The molecule has 0 bridgehead atoms. The Kier molecular flexibility index (Phi) is 5.94. The van der Waals surface area contributed by atoms with Crippen LogP contribution >= 0.6 is 0 Å². The van der Waals surface area contributed by atoms with E-state index in [9.17, 15) is 17.6 Å². The number of amides is 2. The van der Waals surface area contributed by atoms with E-state index >= 15 is 8.78 Å². The van der Waals surface area contributed by atoms with Crippen LogP contribution in [0.2, 0.25) is 0 Å². The van der Waals surface area contributed by atoms with Crippen LogP contribution in [0.4, 0.5) is 23.7 Å². The predicted molar refractivity (Wildman–Crippen MR) is 130 cm³/mol. The highest BCUT2D eigenvalue weighted by Gasteiger charge is 2.53. The molecular weight excluding hydrogens is 523 g/mol. The zero-order valence-corrected chi connectivity index (χ0v) is 21.0. The SMILES string of the molecule is O=C(Nc1cc(F)c(C2(c3noc(-c4ccc(F)cc4)n3)CC2)c(F)c1)N1CCN(S(=O)(=O)C2CC2)CC1. The van der Waals surface area contributed by atoms with Crippen molar-refractivity contribution in [1.29, 1.82) is 0 Å². The van der Waals surface area contributed by atoms with Crippen molar-refractivity contribution in [2.45, 2.75) is 36.3 Å². The van der Waals surface area contributed by atoms with Gasteiger partial charge in [-0.05, 0) is 62.1 Å². The van der Waals surface area contributed by atoms with E-state index in [0.717, 1.165) is 12.1 Å². The number of sulfonamides is 1. The number of hydrogen-bond acceptors (Lipinski definition) is 6. The van der Waals surface area contributed by atoms with E-state index in [4.69, 9.17) is 4.52 Å². The summed E-state index contributed by atoms with van der Waals surface area (Å²) in [6.45, 7) is 0.721. The lowest BCUT2D eigenvalue weighted by Crippen LogP contribution is -2.52. The number of benzene rings is 2. The minimum atomic E-state index is -3.32. The summed E-state index contributed by atoms with van der Waals surface area (Å²) >= 11 is 0. The van der Waals surface area contributed by atoms with Crippen LogP contribution in [0.5, 0.6) is 0 Å². The summed E-state index contributed by atoms with van der Waals surface area (Å²) in [6, 6.07) is 6.95. The molecule has 2 aromatic carbocycles. The molecule has 13 heteroatoms. The Bertz CT molecular complexity index is 1470. The second-order valence-electron chi connectivity index (χ2n) is 9.89. The monoisotopic (exact) mass is 547 g/mol. The first-order valence-electron chi connectivity index (χ1n) is 12.3. The number of aromatic nitrogens is 2. The third kappa shape index (κ3) is 4.43. The van der Waals surface area contributed by atoms with Gasteiger partial charge in [0.1, 0.15) is 17.5 Å². The van der Waals surface area contributed by atoms with Gasteiger partial charge in [0.2, 0.25) is 10.0 Å². The summed E-state index contributed by atoms with van der Waals surface area (Å²) in [6.07, 6.45) is 2.14. The highest BCUT2D eigenvalue weighted by Crippen LogP contribution is 2.54. The number of halogens is 3. The molecule has 1 aliphatic heterocycles. The van der Waals surface area contributed by atoms with Crippen LogP contribution < -0.4 is 5.32 Å². The van der Waals surface area contributed by atoms with Gasteiger partial charge in [-0.1, -0.05) is 5.16 Å². The number of hydrogen-bond donors (Lipinski definition) is 1. The molecule has 3 aromatic rings. The predicted octanol–water partition coefficient (Wildman–Crippen LogP) is 3.88. The van der Waals surface area contributed by atoms with Gasteiger partial charge in [0.15, 0.2) is 5.82 Å². The molecule has 3 fully saturated rings. The van der Waals surface area contributed by atoms with E-state index in [1.54, 1.807) is 0 Å². The molecule has 200 valence electrons. The summed E-state index contributed by atoms with van der Waals surface area (Å²) < 4.78 is 75.2. The molecule has 2 saturated carbocycles. The molecule has 2 amide bonds. The lowest BCUT2D eigenvalue weighted by Gasteiger charge is -2.34. The number of urea groups is 1. The van der Waals surface area contributed by atoms with Crippen LogP contribution in [-0.2, 0) is 15.4 Å². The Balaban J connectivity index is 1.15. The van der Waals surface area contributed by atoms with Crippen molar-refractivity contribution in [2.75, 3.05) is 31.5 Å². The molecule has 1 saturated heterocycles. The van der Waals surface area contributed by atoms with Gasteiger partial charge < -0.3 is 14.7 Å². The average Bonchev–Trinajstić information content (AvgIpc) is 3.83. The first-order chi connectivity index (χ1) is 18.2. The van der Waals surface area contributed by atoms with E-state index in [-0.39, 0.29) is 54.4 Å². The Morgan fingerprint density at radius 3 is 2.21 bits per heavy atom. The molecule has 2 aliphatic carbocycles. The van der Waals surface area contributed by atoms with Gasteiger partial charge in [-0.3, -0.25) is 0 Å². The Morgan fingerprint density at radius 1 is 1.00 bits per heavy atom. The molecule has 1 aromatic heterocycles. The van der Waals surface area contributed by atoms with Crippen molar-refractivity contribution in [1.82, 2.24) is 19.3 Å². The maximum atomic E-state index is 15.3.